The van der Waals surface area contributed by atoms with Gasteiger partial charge in [0, 0.05) is 12.6 Å². The van der Waals surface area contributed by atoms with E-state index in [9.17, 15) is 4.79 Å². The van der Waals surface area contributed by atoms with Crippen LogP contribution >= 0.6 is 0 Å². The molecule has 1 aromatic rings. The molecule has 0 bridgehead atoms. The van der Waals surface area contributed by atoms with Gasteiger partial charge in [0.1, 0.15) is 0 Å². The molecule has 2 rings (SSSR count). The minimum Gasteiger partial charge on any atom is -0.338 e. The Morgan fingerprint density at radius 3 is 2.47 bits per heavy atom. The Balaban J connectivity index is 1.68. The summed E-state index contributed by atoms with van der Waals surface area (Å²) < 4.78 is 0. The highest BCUT2D eigenvalue weighted by molar-refractivity contribution is 5.74. The van der Waals surface area contributed by atoms with E-state index in [4.69, 9.17) is 0 Å². The van der Waals surface area contributed by atoms with Crippen LogP contribution in [0.5, 0.6) is 0 Å². The van der Waals surface area contributed by atoms with Gasteiger partial charge < -0.3 is 15.5 Å². The van der Waals surface area contributed by atoms with Gasteiger partial charge in [-0.25, -0.2) is 4.79 Å². The summed E-state index contributed by atoms with van der Waals surface area (Å²) in [6.07, 6.45) is 2.87. The zero-order valence-corrected chi connectivity index (χ0v) is 11.8. The molecule has 0 unspecified atom stereocenters. The molecule has 104 valence electrons. The summed E-state index contributed by atoms with van der Waals surface area (Å²) in [5.41, 5.74) is 2.72. The van der Waals surface area contributed by atoms with Gasteiger partial charge in [-0.05, 0) is 51.0 Å². The van der Waals surface area contributed by atoms with Crippen LogP contribution in [-0.4, -0.2) is 44.2 Å². The lowest BCUT2D eigenvalue weighted by molar-refractivity contribution is 0.236. The molecule has 0 atom stereocenters. The van der Waals surface area contributed by atoms with E-state index in [0.717, 1.165) is 32.4 Å². The molecule has 0 fully saturated rings. The molecule has 0 saturated carbocycles. The molecule has 0 aromatic heterocycles. The topological polar surface area (TPSA) is 44.4 Å². The molecule has 1 aromatic carbocycles. The number of hydrogen-bond donors (Lipinski definition) is 2. The lowest BCUT2D eigenvalue weighted by Gasteiger charge is -2.14. The first-order valence-corrected chi connectivity index (χ1v) is 6.91. The average molecular weight is 261 g/mol. The van der Waals surface area contributed by atoms with Crippen LogP contribution in [0, 0.1) is 0 Å². The molecule has 2 amide bonds. The van der Waals surface area contributed by atoms with Crippen molar-refractivity contribution in [2.45, 2.75) is 25.3 Å². The van der Waals surface area contributed by atoms with Crippen LogP contribution in [0.2, 0.25) is 0 Å². The van der Waals surface area contributed by atoms with E-state index in [0.29, 0.717) is 0 Å². The zero-order valence-electron chi connectivity index (χ0n) is 11.8. The molecule has 1 aliphatic carbocycles. The summed E-state index contributed by atoms with van der Waals surface area (Å²) in [7, 11) is 4.08. The number of rotatable bonds is 5. The number of fused-ring (bicyclic) bond motifs is 1. The second-order valence-corrected chi connectivity index (χ2v) is 5.43. The summed E-state index contributed by atoms with van der Waals surface area (Å²) in [6.45, 7) is 1.72. The molecule has 1 aliphatic rings. The lowest BCUT2D eigenvalue weighted by Crippen LogP contribution is -2.43. The first kappa shape index (κ1) is 13.9. The van der Waals surface area contributed by atoms with Gasteiger partial charge in [0.15, 0.2) is 0 Å². The largest absolute Gasteiger partial charge is 0.338 e. The van der Waals surface area contributed by atoms with E-state index in [2.05, 4.69) is 39.8 Å². The molecule has 0 heterocycles. The number of nitrogens with zero attached hydrogens (tertiary/aromatic N) is 1. The predicted molar refractivity (Wildman–Crippen MR) is 77.3 cm³/mol. The maximum absolute atomic E-state index is 11.8. The van der Waals surface area contributed by atoms with Gasteiger partial charge in [-0.1, -0.05) is 24.3 Å². The van der Waals surface area contributed by atoms with Crippen LogP contribution in [0.25, 0.3) is 0 Å². The minimum absolute atomic E-state index is 0.0448. The lowest BCUT2D eigenvalue weighted by atomic mass is 10.1. The van der Waals surface area contributed by atoms with Gasteiger partial charge in [0.2, 0.25) is 0 Å². The summed E-state index contributed by atoms with van der Waals surface area (Å²) in [6, 6.07) is 8.60. The zero-order chi connectivity index (χ0) is 13.7. The molecular weight excluding hydrogens is 238 g/mol. The number of urea groups is 1. The van der Waals surface area contributed by atoms with E-state index >= 15 is 0 Å². The highest BCUT2D eigenvalue weighted by Gasteiger charge is 2.21. The Morgan fingerprint density at radius 1 is 1.26 bits per heavy atom. The van der Waals surface area contributed by atoms with Crippen LogP contribution < -0.4 is 10.6 Å². The Hall–Kier alpha value is -1.55. The van der Waals surface area contributed by atoms with Gasteiger partial charge in [0.05, 0.1) is 0 Å². The first-order valence-electron chi connectivity index (χ1n) is 6.91. The Labute approximate surface area is 115 Å². The maximum atomic E-state index is 11.8. The third-order valence-corrected chi connectivity index (χ3v) is 3.45. The first-order chi connectivity index (χ1) is 9.15. The number of amides is 2. The van der Waals surface area contributed by atoms with Crippen molar-refractivity contribution < 1.29 is 4.79 Å². The predicted octanol–water partition coefficient (Wildman–Crippen LogP) is 1.40. The van der Waals surface area contributed by atoms with E-state index in [1.165, 1.54) is 11.1 Å². The summed E-state index contributed by atoms with van der Waals surface area (Å²) in [5, 5.41) is 5.97. The molecule has 0 aliphatic heterocycles. The van der Waals surface area contributed by atoms with Crippen LogP contribution in [0.4, 0.5) is 4.79 Å². The summed E-state index contributed by atoms with van der Waals surface area (Å²) >= 11 is 0. The summed E-state index contributed by atoms with van der Waals surface area (Å²) in [4.78, 5) is 13.9. The fourth-order valence-electron chi connectivity index (χ4n) is 2.49. The van der Waals surface area contributed by atoms with E-state index in [1.807, 2.05) is 14.1 Å². The summed E-state index contributed by atoms with van der Waals surface area (Å²) in [5.74, 6) is 0. The fourth-order valence-corrected chi connectivity index (χ4v) is 2.49. The van der Waals surface area contributed by atoms with Gasteiger partial charge in [0.25, 0.3) is 0 Å². The second kappa shape index (κ2) is 6.57. The second-order valence-electron chi connectivity index (χ2n) is 5.43. The normalized spacial score (nSPS) is 14.5. The number of benzene rings is 1. The molecule has 0 saturated heterocycles. The molecule has 19 heavy (non-hydrogen) atoms. The molecule has 0 radical (unpaired) electrons. The van der Waals surface area contributed by atoms with Crippen LogP contribution in [0.15, 0.2) is 24.3 Å². The third kappa shape index (κ3) is 4.24. The molecule has 0 spiro atoms. The number of carbonyl (C=O) groups excluding carboxylic acids is 1. The van der Waals surface area contributed by atoms with E-state index in [1.54, 1.807) is 0 Å². The van der Waals surface area contributed by atoms with Crippen molar-refractivity contribution in [1.82, 2.24) is 15.5 Å². The SMILES string of the molecule is CN(C)CCCNC(=O)NC1Cc2ccccc2C1. The molecule has 4 heteroatoms. The van der Waals surface area contributed by atoms with Crippen LogP contribution in [-0.2, 0) is 12.8 Å². The van der Waals surface area contributed by atoms with E-state index in [-0.39, 0.29) is 12.1 Å². The Kier molecular flexibility index (Phi) is 4.80. The highest BCUT2D eigenvalue weighted by Crippen LogP contribution is 2.21. The Morgan fingerprint density at radius 2 is 1.89 bits per heavy atom. The van der Waals surface area contributed by atoms with Crippen LogP contribution in [0.3, 0.4) is 0 Å². The average Bonchev–Trinajstić information content (AvgIpc) is 2.76. The van der Waals surface area contributed by atoms with Gasteiger partial charge in [-0.2, -0.15) is 0 Å². The van der Waals surface area contributed by atoms with Crippen molar-refractivity contribution in [1.29, 1.82) is 0 Å². The molecule has 4 nitrogen and oxygen atoms in total. The smallest absolute Gasteiger partial charge is 0.315 e. The van der Waals surface area contributed by atoms with Crippen molar-refractivity contribution in [3.8, 4) is 0 Å². The number of hydrogen-bond acceptors (Lipinski definition) is 2. The van der Waals surface area contributed by atoms with Crippen molar-refractivity contribution in [2.75, 3.05) is 27.2 Å². The van der Waals surface area contributed by atoms with Crippen molar-refractivity contribution in [2.24, 2.45) is 0 Å². The van der Waals surface area contributed by atoms with Gasteiger partial charge in [-0.15, -0.1) is 0 Å². The van der Waals surface area contributed by atoms with Gasteiger partial charge in [-0.3, -0.25) is 0 Å². The van der Waals surface area contributed by atoms with Crippen molar-refractivity contribution >= 4 is 6.03 Å². The van der Waals surface area contributed by atoms with Crippen molar-refractivity contribution in [3.05, 3.63) is 35.4 Å². The van der Waals surface area contributed by atoms with Gasteiger partial charge >= 0.3 is 6.03 Å². The quantitative estimate of drug-likeness (QED) is 0.787. The molecule has 2 N–H and O–H groups in total. The third-order valence-electron chi connectivity index (χ3n) is 3.45. The standard InChI is InChI=1S/C15H23N3O/c1-18(2)9-5-8-16-15(19)17-14-10-12-6-3-4-7-13(12)11-14/h3-4,6-7,14H,5,8-11H2,1-2H3,(H2,16,17,19). The monoisotopic (exact) mass is 261 g/mol. The maximum Gasteiger partial charge on any atom is 0.315 e. The molecular formula is C15H23N3O. The minimum atomic E-state index is -0.0448. The Bertz CT molecular complexity index is 406. The van der Waals surface area contributed by atoms with E-state index < -0.39 is 0 Å². The van der Waals surface area contributed by atoms with Crippen molar-refractivity contribution in [3.63, 3.8) is 0 Å². The number of carbonyl (C=O) groups is 1. The van der Waals surface area contributed by atoms with Crippen LogP contribution in [0.1, 0.15) is 17.5 Å². The number of nitrogens with one attached hydrogen (secondary N) is 2. The fraction of sp³-hybridized carbons (Fsp3) is 0.533. The highest BCUT2D eigenvalue weighted by atomic mass is 16.2.